The minimum Gasteiger partial charge on any atom is -0.325 e. The van der Waals surface area contributed by atoms with Crippen LogP contribution in [0.2, 0.25) is 10.0 Å². The van der Waals surface area contributed by atoms with Crippen LogP contribution in [-0.2, 0) is 4.79 Å². The molecule has 5 heteroatoms. The van der Waals surface area contributed by atoms with Crippen molar-refractivity contribution in [1.82, 2.24) is 0 Å². The number of benzene rings is 1. The first-order valence-electron chi connectivity index (χ1n) is 5.56. The fraction of sp³-hybridized carbons (Fsp3) is 0.417. The second kappa shape index (κ2) is 6.84. The molecule has 0 saturated carbocycles. The van der Waals surface area contributed by atoms with Gasteiger partial charge in [0.2, 0.25) is 5.91 Å². The van der Waals surface area contributed by atoms with Crippen molar-refractivity contribution in [2.75, 3.05) is 5.32 Å². The highest BCUT2D eigenvalue weighted by Crippen LogP contribution is 2.25. The standard InChI is InChI=1S/C12H16Cl2N2O/c1-2-3-4-11(15)12(17)16-8-5-6-9(13)10(14)7-8/h5-7,11H,2-4,15H2,1H3,(H,16,17). The molecule has 1 rings (SSSR count). The van der Waals surface area contributed by atoms with Gasteiger partial charge in [0, 0.05) is 5.69 Å². The zero-order chi connectivity index (χ0) is 12.8. The van der Waals surface area contributed by atoms with Gasteiger partial charge in [0.05, 0.1) is 16.1 Å². The molecule has 94 valence electrons. The number of hydrogen-bond donors (Lipinski definition) is 2. The van der Waals surface area contributed by atoms with Crippen LogP contribution in [0.25, 0.3) is 0 Å². The molecule has 1 aromatic rings. The Labute approximate surface area is 111 Å². The van der Waals surface area contributed by atoms with E-state index in [4.69, 9.17) is 28.9 Å². The summed E-state index contributed by atoms with van der Waals surface area (Å²) in [5.74, 6) is -0.197. The molecule has 0 radical (unpaired) electrons. The van der Waals surface area contributed by atoms with Crippen molar-refractivity contribution < 1.29 is 4.79 Å². The molecule has 17 heavy (non-hydrogen) atoms. The van der Waals surface area contributed by atoms with Gasteiger partial charge in [0.15, 0.2) is 0 Å². The summed E-state index contributed by atoms with van der Waals surface area (Å²) >= 11 is 11.6. The Bertz CT molecular complexity index is 396. The molecule has 0 fully saturated rings. The first-order valence-corrected chi connectivity index (χ1v) is 6.31. The molecule has 0 saturated heterocycles. The molecule has 3 nitrogen and oxygen atoms in total. The SMILES string of the molecule is CCCCC(N)C(=O)Nc1ccc(Cl)c(Cl)c1. The minimum atomic E-state index is -0.482. The predicted molar refractivity (Wildman–Crippen MR) is 72.6 cm³/mol. The van der Waals surface area contributed by atoms with E-state index < -0.39 is 6.04 Å². The monoisotopic (exact) mass is 274 g/mol. The number of amides is 1. The zero-order valence-corrected chi connectivity index (χ0v) is 11.2. The molecule has 0 aromatic heterocycles. The number of carbonyl (C=O) groups excluding carboxylic acids is 1. The van der Waals surface area contributed by atoms with Crippen molar-refractivity contribution in [2.45, 2.75) is 32.2 Å². The van der Waals surface area contributed by atoms with Gasteiger partial charge in [-0.05, 0) is 24.6 Å². The normalized spacial score (nSPS) is 12.2. The Morgan fingerprint density at radius 2 is 2.12 bits per heavy atom. The van der Waals surface area contributed by atoms with Crippen LogP contribution in [0.3, 0.4) is 0 Å². The summed E-state index contributed by atoms with van der Waals surface area (Å²) in [7, 11) is 0. The highest BCUT2D eigenvalue weighted by Gasteiger charge is 2.13. The molecule has 0 heterocycles. The third-order valence-electron chi connectivity index (χ3n) is 2.39. The smallest absolute Gasteiger partial charge is 0.241 e. The van der Waals surface area contributed by atoms with Crippen molar-refractivity contribution >= 4 is 34.8 Å². The van der Waals surface area contributed by atoms with Gasteiger partial charge in [-0.2, -0.15) is 0 Å². The number of unbranched alkanes of at least 4 members (excludes halogenated alkanes) is 1. The lowest BCUT2D eigenvalue weighted by Crippen LogP contribution is -2.35. The number of nitrogens with two attached hydrogens (primary N) is 1. The van der Waals surface area contributed by atoms with Crippen molar-refractivity contribution in [3.8, 4) is 0 Å². The van der Waals surface area contributed by atoms with Crippen LogP contribution in [0.15, 0.2) is 18.2 Å². The topological polar surface area (TPSA) is 55.1 Å². The lowest BCUT2D eigenvalue weighted by Gasteiger charge is -2.12. The second-order valence-electron chi connectivity index (χ2n) is 3.87. The first kappa shape index (κ1) is 14.3. The largest absolute Gasteiger partial charge is 0.325 e. The number of rotatable bonds is 5. The molecule has 1 amide bonds. The summed E-state index contributed by atoms with van der Waals surface area (Å²) in [6.45, 7) is 2.06. The Hall–Kier alpha value is -0.770. The van der Waals surface area contributed by atoms with Crippen molar-refractivity contribution in [1.29, 1.82) is 0 Å². The first-order chi connectivity index (χ1) is 8.04. The molecular formula is C12H16Cl2N2O. The maximum Gasteiger partial charge on any atom is 0.241 e. The second-order valence-corrected chi connectivity index (χ2v) is 4.68. The highest BCUT2D eigenvalue weighted by molar-refractivity contribution is 6.42. The van der Waals surface area contributed by atoms with E-state index >= 15 is 0 Å². The summed E-state index contributed by atoms with van der Waals surface area (Å²) in [4.78, 5) is 11.7. The van der Waals surface area contributed by atoms with Gasteiger partial charge in [-0.3, -0.25) is 4.79 Å². The summed E-state index contributed by atoms with van der Waals surface area (Å²) in [6, 6.07) is 4.45. The average molecular weight is 275 g/mol. The molecule has 1 atom stereocenters. The molecule has 3 N–H and O–H groups in total. The maximum absolute atomic E-state index is 11.7. The van der Waals surface area contributed by atoms with E-state index in [1.54, 1.807) is 18.2 Å². The van der Waals surface area contributed by atoms with Crippen LogP contribution < -0.4 is 11.1 Å². The summed E-state index contributed by atoms with van der Waals surface area (Å²) in [6.07, 6.45) is 2.65. The van der Waals surface area contributed by atoms with Gasteiger partial charge in [0.25, 0.3) is 0 Å². The molecule has 0 aliphatic heterocycles. The Balaban J connectivity index is 2.58. The van der Waals surface area contributed by atoms with Gasteiger partial charge in [0.1, 0.15) is 0 Å². The van der Waals surface area contributed by atoms with E-state index in [-0.39, 0.29) is 5.91 Å². The predicted octanol–water partition coefficient (Wildman–Crippen LogP) is 3.45. The number of carbonyl (C=O) groups is 1. The molecular weight excluding hydrogens is 259 g/mol. The van der Waals surface area contributed by atoms with Crippen LogP contribution in [0.1, 0.15) is 26.2 Å². The van der Waals surface area contributed by atoms with Crippen molar-refractivity contribution in [3.05, 3.63) is 28.2 Å². The quantitative estimate of drug-likeness (QED) is 0.864. The van der Waals surface area contributed by atoms with E-state index in [2.05, 4.69) is 12.2 Å². The van der Waals surface area contributed by atoms with E-state index in [1.807, 2.05) is 0 Å². The zero-order valence-electron chi connectivity index (χ0n) is 9.67. The Morgan fingerprint density at radius 3 is 2.71 bits per heavy atom. The molecule has 1 unspecified atom stereocenters. The third-order valence-corrected chi connectivity index (χ3v) is 3.13. The number of nitrogens with one attached hydrogen (secondary N) is 1. The summed E-state index contributed by atoms with van der Waals surface area (Å²) in [5, 5.41) is 3.58. The third kappa shape index (κ3) is 4.54. The van der Waals surface area contributed by atoms with Gasteiger partial charge >= 0.3 is 0 Å². The Morgan fingerprint density at radius 1 is 1.41 bits per heavy atom. The molecule has 0 spiro atoms. The van der Waals surface area contributed by atoms with Gasteiger partial charge in [-0.1, -0.05) is 43.0 Å². The van der Waals surface area contributed by atoms with Crippen LogP contribution in [0, 0.1) is 0 Å². The highest BCUT2D eigenvalue weighted by atomic mass is 35.5. The van der Waals surface area contributed by atoms with E-state index in [9.17, 15) is 4.79 Å². The minimum absolute atomic E-state index is 0.197. The van der Waals surface area contributed by atoms with E-state index in [0.717, 1.165) is 12.8 Å². The molecule has 1 aromatic carbocycles. The van der Waals surface area contributed by atoms with Gasteiger partial charge < -0.3 is 11.1 Å². The van der Waals surface area contributed by atoms with E-state index in [1.165, 1.54) is 0 Å². The number of hydrogen-bond acceptors (Lipinski definition) is 2. The van der Waals surface area contributed by atoms with Crippen LogP contribution in [-0.4, -0.2) is 11.9 Å². The molecule has 0 bridgehead atoms. The van der Waals surface area contributed by atoms with Gasteiger partial charge in [-0.25, -0.2) is 0 Å². The average Bonchev–Trinajstić information content (AvgIpc) is 2.30. The van der Waals surface area contributed by atoms with Gasteiger partial charge in [-0.15, -0.1) is 0 Å². The van der Waals surface area contributed by atoms with Crippen LogP contribution in [0.5, 0.6) is 0 Å². The number of anilines is 1. The fourth-order valence-corrected chi connectivity index (χ4v) is 1.66. The van der Waals surface area contributed by atoms with Crippen LogP contribution in [0.4, 0.5) is 5.69 Å². The van der Waals surface area contributed by atoms with E-state index in [0.29, 0.717) is 22.2 Å². The summed E-state index contributed by atoms with van der Waals surface area (Å²) in [5.41, 5.74) is 6.36. The number of halogens is 2. The maximum atomic E-state index is 11.7. The molecule has 0 aliphatic rings. The fourth-order valence-electron chi connectivity index (χ4n) is 1.36. The lowest BCUT2D eigenvalue weighted by atomic mass is 10.1. The summed E-state index contributed by atoms with van der Waals surface area (Å²) < 4.78 is 0. The van der Waals surface area contributed by atoms with Crippen LogP contribution >= 0.6 is 23.2 Å². The Kier molecular flexibility index (Phi) is 5.75. The lowest BCUT2D eigenvalue weighted by molar-refractivity contribution is -0.117. The van der Waals surface area contributed by atoms with Crippen molar-refractivity contribution in [2.24, 2.45) is 5.73 Å². The molecule has 0 aliphatic carbocycles. The van der Waals surface area contributed by atoms with Crippen molar-refractivity contribution in [3.63, 3.8) is 0 Å².